The highest BCUT2D eigenvalue weighted by Gasteiger charge is 2.41. The van der Waals surface area contributed by atoms with Crippen LogP contribution in [0.15, 0.2) is 4.99 Å². The van der Waals surface area contributed by atoms with Gasteiger partial charge in [-0.05, 0) is 33.4 Å². The van der Waals surface area contributed by atoms with Gasteiger partial charge in [-0.3, -0.25) is 4.99 Å². The van der Waals surface area contributed by atoms with Gasteiger partial charge >= 0.3 is 0 Å². The Balaban J connectivity index is 1.95. The molecule has 0 aromatic heterocycles. The molecule has 1 aliphatic heterocycles. The van der Waals surface area contributed by atoms with Gasteiger partial charge in [0.1, 0.15) is 0 Å². The molecule has 0 radical (unpaired) electrons. The third-order valence-corrected chi connectivity index (χ3v) is 3.71. The van der Waals surface area contributed by atoms with Crippen LogP contribution >= 0.6 is 0 Å². The van der Waals surface area contributed by atoms with E-state index in [-0.39, 0.29) is 5.54 Å². The Kier molecular flexibility index (Phi) is 3.10. The predicted molar refractivity (Wildman–Crippen MR) is 67.5 cm³/mol. The van der Waals surface area contributed by atoms with Gasteiger partial charge in [0, 0.05) is 13.1 Å². The van der Waals surface area contributed by atoms with E-state index in [0.717, 1.165) is 31.5 Å². The largest absolute Gasteiger partial charge is 0.370 e. The van der Waals surface area contributed by atoms with Gasteiger partial charge in [-0.2, -0.15) is 0 Å². The minimum Gasteiger partial charge on any atom is -0.370 e. The van der Waals surface area contributed by atoms with Gasteiger partial charge in [0.05, 0.1) is 12.1 Å². The normalized spacial score (nSPS) is 30.0. The maximum Gasteiger partial charge on any atom is 0.191 e. The molecule has 4 heteroatoms. The van der Waals surface area contributed by atoms with Crippen molar-refractivity contribution < 1.29 is 0 Å². The summed E-state index contributed by atoms with van der Waals surface area (Å²) in [7, 11) is 4.20. The summed E-state index contributed by atoms with van der Waals surface area (Å²) in [4.78, 5) is 8.94. The van der Waals surface area contributed by atoms with Crippen molar-refractivity contribution in [2.75, 3.05) is 33.7 Å². The van der Waals surface area contributed by atoms with Crippen LogP contribution in [0, 0.1) is 5.92 Å². The summed E-state index contributed by atoms with van der Waals surface area (Å²) in [6.07, 6.45) is 4.05. The fraction of sp³-hybridized carbons (Fsp3) is 0.917. The zero-order valence-corrected chi connectivity index (χ0v) is 10.7. The lowest BCUT2D eigenvalue weighted by atomic mass is 9.94. The maximum absolute atomic E-state index is 5.99. The lowest BCUT2D eigenvalue weighted by Gasteiger charge is -2.37. The molecule has 2 rings (SSSR count). The second-order valence-electron chi connectivity index (χ2n) is 5.77. The molecule has 16 heavy (non-hydrogen) atoms. The van der Waals surface area contributed by atoms with Crippen LogP contribution in [-0.2, 0) is 0 Å². The average Bonchev–Trinajstić information content (AvgIpc) is 2.93. The second kappa shape index (κ2) is 4.24. The molecule has 2 aliphatic rings. The van der Waals surface area contributed by atoms with Gasteiger partial charge in [0.25, 0.3) is 0 Å². The molecule has 1 heterocycles. The SMILES string of the molecule is CN(C)CCN1C(N)=NCC1(C)CC1CC1. The average molecular weight is 224 g/mol. The lowest BCUT2D eigenvalue weighted by molar-refractivity contribution is 0.184. The van der Waals surface area contributed by atoms with Crippen molar-refractivity contribution in [3.63, 3.8) is 0 Å². The molecule has 2 N–H and O–H groups in total. The third-order valence-electron chi connectivity index (χ3n) is 3.71. The zero-order valence-electron chi connectivity index (χ0n) is 10.7. The highest BCUT2D eigenvalue weighted by molar-refractivity contribution is 5.80. The van der Waals surface area contributed by atoms with Gasteiger partial charge in [-0.25, -0.2) is 0 Å². The number of rotatable bonds is 5. The standard InChI is InChI=1S/C12H24N4/c1-12(8-10-4-5-10)9-14-11(13)16(12)7-6-15(2)3/h10H,4-9H2,1-3H3,(H2,13,14). The summed E-state index contributed by atoms with van der Waals surface area (Å²) in [5, 5.41) is 0. The number of nitrogens with two attached hydrogens (primary N) is 1. The van der Waals surface area contributed by atoms with Crippen LogP contribution in [0.1, 0.15) is 26.2 Å². The van der Waals surface area contributed by atoms with Crippen molar-refractivity contribution in [1.82, 2.24) is 9.80 Å². The summed E-state index contributed by atoms with van der Waals surface area (Å²) in [5.41, 5.74) is 6.18. The lowest BCUT2D eigenvalue weighted by Crippen LogP contribution is -2.52. The molecule has 1 unspecified atom stereocenters. The van der Waals surface area contributed by atoms with E-state index in [0.29, 0.717) is 0 Å². The predicted octanol–water partition coefficient (Wildman–Crippen LogP) is 0.737. The van der Waals surface area contributed by atoms with Crippen molar-refractivity contribution in [2.24, 2.45) is 16.6 Å². The molecule has 0 saturated heterocycles. The molecule has 0 spiro atoms. The Bertz CT molecular complexity index is 283. The van der Waals surface area contributed by atoms with Crippen LogP contribution < -0.4 is 5.73 Å². The molecule has 1 saturated carbocycles. The quantitative estimate of drug-likeness (QED) is 0.749. The van der Waals surface area contributed by atoms with Crippen molar-refractivity contribution in [1.29, 1.82) is 0 Å². The first-order valence-corrected chi connectivity index (χ1v) is 6.23. The van der Waals surface area contributed by atoms with Gasteiger partial charge in [0.2, 0.25) is 0 Å². The Labute approximate surface area is 98.5 Å². The number of hydrogen-bond donors (Lipinski definition) is 1. The van der Waals surface area contributed by atoms with Crippen molar-refractivity contribution >= 4 is 5.96 Å². The van der Waals surface area contributed by atoms with Crippen LogP contribution in [0.3, 0.4) is 0 Å². The molecular weight excluding hydrogens is 200 g/mol. The summed E-state index contributed by atoms with van der Waals surface area (Å²) in [6, 6.07) is 0. The number of likely N-dealkylation sites (N-methyl/N-ethyl adjacent to an activating group) is 1. The van der Waals surface area contributed by atoms with Crippen LogP contribution in [0.4, 0.5) is 0 Å². The number of hydrogen-bond acceptors (Lipinski definition) is 4. The highest BCUT2D eigenvalue weighted by atomic mass is 15.4. The summed E-state index contributed by atoms with van der Waals surface area (Å²) >= 11 is 0. The third kappa shape index (κ3) is 2.48. The van der Waals surface area contributed by atoms with Crippen molar-refractivity contribution in [3.8, 4) is 0 Å². The smallest absolute Gasteiger partial charge is 0.191 e. The summed E-state index contributed by atoms with van der Waals surface area (Å²) in [5.74, 6) is 1.66. The first-order valence-electron chi connectivity index (χ1n) is 6.23. The van der Waals surface area contributed by atoms with E-state index < -0.39 is 0 Å². The van der Waals surface area contributed by atoms with Crippen molar-refractivity contribution in [3.05, 3.63) is 0 Å². The topological polar surface area (TPSA) is 44.9 Å². The monoisotopic (exact) mass is 224 g/mol. The Morgan fingerprint density at radius 3 is 2.75 bits per heavy atom. The molecule has 1 aliphatic carbocycles. The fourth-order valence-electron chi connectivity index (χ4n) is 2.50. The van der Waals surface area contributed by atoms with E-state index in [2.05, 4.69) is 35.8 Å². The van der Waals surface area contributed by atoms with E-state index in [9.17, 15) is 0 Å². The van der Waals surface area contributed by atoms with Crippen LogP contribution in [0.25, 0.3) is 0 Å². The Morgan fingerprint density at radius 1 is 1.50 bits per heavy atom. The number of nitrogens with zero attached hydrogens (tertiary/aromatic N) is 3. The van der Waals surface area contributed by atoms with E-state index in [1.165, 1.54) is 19.3 Å². The first kappa shape index (κ1) is 11.7. The van der Waals surface area contributed by atoms with E-state index in [4.69, 9.17) is 5.73 Å². The van der Waals surface area contributed by atoms with E-state index in [1.54, 1.807) is 0 Å². The number of guanidine groups is 1. The number of aliphatic imine (C=N–C) groups is 1. The van der Waals surface area contributed by atoms with E-state index >= 15 is 0 Å². The molecule has 0 aromatic carbocycles. The molecule has 0 amide bonds. The van der Waals surface area contributed by atoms with Gasteiger partial charge in [-0.15, -0.1) is 0 Å². The Morgan fingerprint density at radius 2 is 2.19 bits per heavy atom. The molecule has 92 valence electrons. The van der Waals surface area contributed by atoms with Gasteiger partial charge in [-0.1, -0.05) is 12.8 Å². The van der Waals surface area contributed by atoms with Gasteiger partial charge in [0.15, 0.2) is 5.96 Å². The zero-order chi connectivity index (χ0) is 11.8. The van der Waals surface area contributed by atoms with Crippen molar-refractivity contribution in [2.45, 2.75) is 31.7 Å². The minimum absolute atomic E-state index is 0.182. The van der Waals surface area contributed by atoms with Crippen LogP contribution in [-0.4, -0.2) is 55.0 Å². The summed E-state index contributed by atoms with van der Waals surface area (Å²) in [6.45, 7) is 5.22. The van der Waals surface area contributed by atoms with E-state index in [1.807, 2.05) is 0 Å². The molecule has 0 aromatic rings. The Hall–Kier alpha value is -0.770. The fourth-order valence-corrected chi connectivity index (χ4v) is 2.50. The molecule has 1 atom stereocenters. The first-order chi connectivity index (χ1) is 7.51. The van der Waals surface area contributed by atoms with Crippen LogP contribution in [0.5, 0.6) is 0 Å². The maximum atomic E-state index is 5.99. The van der Waals surface area contributed by atoms with Crippen LogP contribution in [0.2, 0.25) is 0 Å². The highest BCUT2D eigenvalue weighted by Crippen LogP contribution is 2.40. The molecule has 4 nitrogen and oxygen atoms in total. The minimum atomic E-state index is 0.182. The summed E-state index contributed by atoms with van der Waals surface area (Å²) < 4.78 is 0. The molecular formula is C12H24N4. The molecule has 0 bridgehead atoms. The second-order valence-corrected chi connectivity index (χ2v) is 5.77. The van der Waals surface area contributed by atoms with Gasteiger partial charge < -0.3 is 15.5 Å². The molecule has 1 fully saturated rings.